The van der Waals surface area contributed by atoms with Crippen LogP contribution in [0, 0.1) is 6.92 Å². The topological polar surface area (TPSA) is 24.9 Å². The van der Waals surface area contributed by atoms with Gasteiger partial charge in [-0.15, -0.1) is 0 Å². The van der Waals surface area contributed by atoms with Crippen molar-refractivity contribution in [1.29, 1.82) is 0 Å². The molecule has 2 heteroatoms. The molecule has 2 aromatic rings. The van der Waals surface area contributed by atoms with Crippen LogP contribution in [0.1, 0.15) is 36.9 Å². The molecule has 94 valence electrons. The lowest BCUT2D eigenvalue weighted by Crippen LogP contribution is -2.24. The Hall–Kier alpha value is -1.41. The van der Waals surface area contributed by atoms with Gasteiger partial charge in [-0.2, -0.15) is 0 Å². The summed E-state index contributed by atoms with van der Waals surface area (Å²) < 4.78 is 0. The van der Waals surface area contributed by atoms with Crippen molar-refractivity contribution in [3.63, 3.8) is 0 Å². The summed E-state index contributed by atoms with van der Waals surface area (Å²) >= 11 is 0. The molecule has 0 saturated carbocycles. The molecule has 1 aliphatic rings. The Balaban J connectivity index is 2.15. The Bertz CT molecular complexity index is 562. The second-order valence-electron chi connectivity index (χ2n) is 5.23. The van der Waals surface area contributed by atoms with Crippen LogP contribution in [-0.4, -0.2) is 17.6 Å². The van der Waals surface area contributed by atoms with E-state index in [2.05, 4.69) is 54.5 Å². The van der Waals surface area contributed by atoms with Crippen molar-refractivity contribution in [2.75, 3.05) is 6.54 Å². The van der Waals surface area contributed by atoms with Crippen LogP contribution in [0.3, 0.4) is 0 Å². The molecular weight excluding hydrogens is 220 g/mol. The summed E-state index contributed by atoms with van der Waals surface area (Å²) in [7, 11) is 0. The predicted octanol–water partition coefficient (Wildman–Crippen LogP) is 3.40. The van der Waals surface area contributed by atoms with E-state index >= 15 is 0 Å². The highest BCUT2D eigenvalue weighted by molar-refractivity contribution is 5.83. The largest absolute Gasteiger partial charge is 0.313 e. The maximum absolute atomic E-state index is 4.64. The van der Waals surface area contributed by atoms with Gasteiger partial charge in [0, 0.05) is 23.0 Å². The lowest BCUT2D eigenvalue weighted by Gasteiger charge is -2.20. The first-order valence-corrected chi connectivity index (χ1v) is 6.89. The van der Waals surface area contributed by atoms with Crippen LogP contribution in [0.2, 0.25) is 0 Å². The Kier molecular flexibility index (Phi) is 3.04. The Labute approximate surface area is 108 Å². The zero-order chi connectivity index (χ0) is 12.5. The van der Waals surface area contributed by atoms with E-state index in [-0.39, 0.29) is 0 Å². The molecular formula is C16H20N2. The molecule has 18 heavy (non-hydrogen) atoms. The number of fused-ring (bicyclic) bond motifs is 1. The van der Waals surface area contributed by atoms with E-state index in [1.807, 2.05) is 0 Å². The molecule has 0 amide bonds. The fraction of sp³-hybridized carbons (Fsp3) is 0.438. The molecule has 3 rings (SSSR count). The predicted molar refractivity (Wildman–Crippen MR) is 75.9 cm³/mol. The fourth-order valence-electron chi connectivity index (χ4n) is 3.22. The van der Waals surface area contributed by atoms with E-state index in [9.17, 15) is 0 Å². The van der Waals surface area contributed by atoms with Gasteiger partial charge < -0.3 is 5.32 Å². The lowest BCUT2D eigenvalue weighted by molar-refractivity contribution is 0.533. The van der Waals surface area contributed by atoms with Crippen molar-refractivity contribution in [2.24, 2.45) is 0 Å². The number of rotatable bonds is 2. The van der Waals surface area contributed by atoms with Gasteiger partial charge in [0.25, 0.3) is 0 Å². The van der Waals surface area contributed by atoms with E-state index in [1.165, 1.54) is 23.8 Å². The van der Waals surface area contributed by atoms with E-state index < -0.39 is 0 Å². The molecule has 2 heterocycles. The number of hydrogen-bond donors (Lipinski definition) is 1. The van der Waals surface area contributed by atoms with Gasteiger partial charge in [-0.1, -0.05) is 25.1 Å². The minimum atomic E-state index is 0.621. The molecule has 1 fully saturated rings. The molecule has 2 nitrogen and oxygen atoms in total. The Morgan fingerprint density at radius 3 is 3.00 bits per heavy atom. The highest BCUT2D eigenvalue weighted by Crippen LogP contribution is 2.34. The number of pyridine rings is 1. The van der Waals surface area contributed by atoms with Crippen LogP contribution in [0.15, 0.2) is 30.3 Å². The average molecular weight is 240 g/mol. The molecule has 1 N–H and O–H groups in total. The van der Waals surface area contributed by atoms with E-state index in [1.54, 1.807) is 0 Å². The van der Waals surface area contributed by atoms with Crippen molar-refractivity contribution < 1.29 is 0 Å². The van der Waals surface area contributed by atoms with Crippen LogP contribution < -0.4 is 5.32 Å². The van der Waals surface area contributed by atoms with E-state index in [0.717, 1.165) is 17.8 Å². The quantitative estimate of drug-likeness (QED) is 0.870. The third-order valence-electron chi connectivity index (χ3n) is 4.06. The molecule has 1 aliphatic heterocycles. The number of aryl methyl sites for hydroxylation is 1. The second-order valence-corrected chi connectivity index (χ2v) is 5.23. The normalized spacial score (nSPS) is 23.7. The van der Waals surface area contributed by atoms with Crippen molar-refractivity contribution in [1.82, 2.24) is 10.3 Å². The standard InChI is InChI=1S/C16H20N2/c1-3-15-13(8-9-17-15)14-10-11(2)18-16-7-5-4-6-12(14)16/h4-7,10,13,15,17H,3,8-9H2,1-2H3. The van der Waals surface area contributed by atoms with Gasteiger partial charge >= 0.3 is 0 Å². The van der Waals surface area contributed by atoms with Gasteiger partial charge in [-0.05, 0) is 44.0 Å². The number of nitrogens with zero attached hydrogens (tertiary/aromatic N) is 1. The third-order valence-corrected chi connectivity index (χ3v) is 4.06. The monoisotopic (exact) mass is 240 g/mol. The smallest absolute Gasteiger partial charge is 0.0708 e. The molecule has 2 atom stereocenters. The molecule has 0 spiro atoms. The summed E-state index contributed by atoms with van der Waals surface area (Å²) in [6, 6.07) is 11.4. The SMILES string of the molecule is CCC1NCCC1c1cc(C)nc2ccccc12. The van der Waals surface area contributed by atoms with Gasteiger partial charge in [-0.3, -0.25) is 4.98 Å². The summed E-state index contributed by atoms with van der Waals surface area (Å²) in [4.78, 5) is 4.64. The zero-order valence-corrected chi connectivity index (χ0v) is 11.1. The van der Waals surface area contributed by atoms with Crippen molar-refractivity contribution >= 4 is 10.9 Å². The summed E-state index contributed by atoms with van der Waals surface area (Å²) in [5, 5.41) is 4.95. The summed E-state index contributed by atoms with van der Waals surface area (Å²) in [6.45, 7) is 5.50. The lowest BCUT2D eigenvalue weighted by atomic mass is 9.88. The van der Waals surface area contributed by atoms with Crippen LogP contribution in [0.4, 0.5) is 0 Å². The zero-order valence-electron chi connectivity index (χ0n) is 11.1. The minimum absolute atomic E-state index is 0.621. The molecule has 1 aromatic heterocycles. The van der Waals surface area contributed by atoms with Crippen LogP contribution in [0.5, 0.6) is 0 Å². The Morgan fingerprint density at radius 2 is 2.17 bits per heavy atom. The minimum Gasteiger partial charge on any atom is -0.313 e. The maximum atomic E-state index is 4.64. The van der Waals surface area contributed by atoms with Gasteiger partial charge in [-0.25, -0.2) is 0 Å². The number of hydrogen-bond acceptors (Lipinski definition) is 2. The maximum Gasteiger partial charge on any atom is 0.0708 e. The number of nitrogens with one attached hydrogen (secondary N) is 1. The van der Waals surface area contributed by atoms with Gasteiger partial charge in [0.1, 0.15) is 0 Å². The molecule has 0 radical (unpaired) electrons. The average Bonchev–Trinajstić information content (AvgIpc) is 2.85. The fourth-order valence-corrected chi connectivity index (χ4v) is 3.22. The highest BCUT2D eigenvalue weighted by atomic mass is 14.9. The number of benzene rings is 1. The molecule has 1 aromatic carbocycles. The van der Waals surface area contributed by atoms with Crippen molar-refractivity contribution in [3.8, 4) is 0 Å². The van der Waals surface area contributed by atoms with Crippen molar-refractivity contribution in [3.05, 3.63) is 41.6 Å². The highest BCUT2D eigenvalue weighted by Gasteiger charge is 2.28. The molecule has 0 aliphatic carbocycles. The van der Waals surface area contributed by atoms with Crippen LogP contribution >= 0.6 is 0 Å². The first kappa shape index (κ1) is 11.7. The van der Waals surface area contributed by atoms with E-state index in [0.29, 0.717) is 12.0 Å². The van der Waals surface area contributed by atoms with Crippen LogP contribution in [-0.2, 0) is 0 Å². The molecule has 1 saturated heterocycles. The third kappa shape index (κ3) is 1.91. The number of aromatic nitrogens is 1. The summed E-state index contributed by atoms with van der Waals surface area (Å²) in [5.74, 6) is 0.640. The summed E-state index contributed by atoms with van der Waals surface area (Å²) in [6.07, 6.45) is 2.44. The van der Waals surface area contributed by atoms with E-state index in [4.69, 9.17) is 0 Å². The van der Waals surface area contributed by atoms with Gasteiger partial charge in [0.2, 0.25) is 0 Å². The first-order valence-electron chi connectivity index (χ1n) is 6.89. The number of para-hydroxylation sites is 1. The Morgan fingerprint density at radius 1 is 1.33 bits per heavy atom. The van der Waals surface area contributed by atoms with Gasteiger partial charge in [0.05, 0.1) is 5.52 Å². The molecule has 0 bridgehead atoms. The summed E-state index contributed by atoms with van der Waals surface area (Å²) in [5.41, 5.74) is 3.75. The van der Waals surface area contributed by atoms with Crippen LogP contribution in [0.25, 0.3) is 10.9 Å². The molecule has 2 unspecified atom stereocenters. The van der Waals surface area contributed by atoms with Crippen molar-refractivity contribution in [2.45, 2.75) is 38.6 Å². The second kappa shape index (κ2) is 4.69. The first-order chi connectivity index (χ1) is 8.79. The van der Waals surface area contributed by atoms with Gasteiger partial charge in [0.15, 0.2) is 0 Å².